The second-order valence-corrected chi connectivity index (χ2v) is 7.24. The molecule has 2 aromatic carbocycles. The molecule has 0 saturated carbocycles. The Morgan fingerprint density at radius 1 is 1.29 bits per heavy atom. The maximum Gasteiger partial charge on any atom is 0.227 e. The third kappa shape index (κ3) is 3.50. The first-order valence-corrected chi connectivity index (χ1v) is 9.42. The number of para-hydroxylation sites is 1. The number of aromatic amines is 1. The SMILES string of the molecule is Cc1ccc(N2CC(C(=O)NCCc3c[nH]c4ccccc34)CC2=O)cc1F. The Morgan fingerprint density at radius 2 is 2.11 bits per heavy atom. The van der Waals surface area contributed by atoms with Crippen LogP contribution in [0, 0.1) is 18.7 Å². The van der Waals surface area contributed by atoms with E-state index in [2.05, 4.69) is 16.4 Å². The minimum absolute atomic E-state index is 0.136. The molecule has 1 saturated heterocycles. The number of hydrogen-bond donors (Lipinski definition) is 2. The van der Waals surface area contributed by atoms with E-state index in [1.807, 2.05) is 24.4 Å². The molecule has 1 fully saturated rings. The molecular formula is C22H22FN3O2. The van der Waals surface area contributed by atoms with E-state index in [-0.39, 0.29) is 30.6 Å². The van der Waals surface area contributed by atoms with Crippen LogP contribution >= 0.6 is 0 Å². The van der Waals surface area contributed by atoms with Crippen LogP contribution in [0.1, 0.15) is 17.5 Å². The predicted molar refractivity (Wildman–Crippen MR) is 107 cm³/mol. The number of fused-ring (bicyclic) bond motifs is 1. The summed E-state index contributed by atoms with van der Waals surface area (Å²) in [5.41, 5.74) is 3.26. The molecule has 1 atom stereocenters. The second kappa shape index (κ2) is 7.46. The van der Waals surface area contributed by atoms with Crippen LogP contribution in [0.25, 0.3) is 10.9 Å². The Morgan fingerprint density at radius 3 is 2.93 bits per heavy atom. The summed E-state index contributed by atoms with van der Waals surface area (Å²) in [5.74, 6) is -1.06. The molecule has 2 amide bonds. The fourth-order valence-corrected chi connectivity index (χ4v) is 3.69. The van der Waals surface area contributed by atoms with Crippen molar-refractivity contribution in [3.8, 4) is 0 Å². The first-order valence-electron chi connectivity index (χ1n) is 9.42. The molecule has 1 unspecified atom stereocenters. The Kier molecular flexibility index (Phi) is 4.86. The summed E-state index contributed by atoms with van der Waals surface area (Å²) < 4.78 is 13.8. The van der Waals surface area contributed by atoms with Gasteiger partial charge in [-0.1, -0.05) is 24.3 Å². The lowest BCUT2D eigenvalue weighted by molar-refractivity contribution is -0.126. The van der Waals surface area contributed by atoms with Gasteiger partial charge < -0.3 is 15.2 Å². The van der Waals surface area contributed by atoms with Crippen molar-refractivity contribution >= 4 is 28.4 Å². The zero-order valence-corrected chi connectivity index (χ0v) is 15.7. The number of benzene rings is 2. The van der Waals surface area contributed by atoms with Gasteiger partial charge in [-0.05, 0) is 42.7 Å². The minimum Gasteiger partial charge on any atom is -0.361 e. The number of H-pyrrole nitrogens is 1. The van der Waals surface area contributed by atoms with Crippen molar-refractivity contribution in [3.63, 3.8) is 0 Å². The molecule has 28 heavy (non-hydrogen) atoms. The summed E-state index contributed by atoms with van der Waals surface area (Å²) in [7, 11) is 0. The van der Waals surface area contributed by atoms with E-state index in [0.29, 0.717) is 24.2 Å². The van der Waals surface area contributed by atoms with Gasteiger partial charge in [0.2, 0.25) is 11.8 Å². The average Bonchev–Trinajstić information content (AvgIpc) is 3.28. The van der Waals surface area contributed by atoms with Gasteiger partial charge in [0.1, 0.15) is 5.82 Å². The number of anilines is 1. The van der Waals surface area contributed by atoms with Crippen molar-refractivity contribution in [1.82, 2.24) is 10.3 Å². The molecule has 4 rings (SSSR count). The summed E-state index contributed by atoms with van der Waals surface area (Å²) in [6, 6.07) is 12.8. The molecular weight excluding hydrogens is 357 g/mol. The van der Waals surface area contributed by atoms with Crippen molar-refractivity contribution < 1.29 is 14.0 Å². The number of aromatic nitrogens is 1. The Hall–Kier alpha value is -3.15. The largest absolute Gasteiger partial charge is 0.361 e. The fraction of sp³-hybridized carbons (Fsp3) is 0.273. The lowest BCUT2D eigenvalue weighted by Crippen LogP contribution is -2.34. The van der Waals surface area contributed by atoms with E-state index in [1.54, 1.807) is 19.1 Å². The number of hydrogen-bond acceptors (Lipinski definition) is 2. The Balaban J connectivity index is 1.35. The number of nitrogens with one attached hydrogen (secondary N) is 2. The second-order valence-electron chi connectivity index (χ2n) is 7.24. The number of carbonyl (C=O) groups excluding carboxylic acids is 2. The van der Waals surface area contributed by atoms with Crippen LogP contribution in [0.15, 0.2) is 48.7 Å². The molecule has 0 spiro atoms. The van der Waals surface area contributed by atoms with E-state index in [9.17, 15) is 14.0 Å². The highest BCUT2D eigenvalue weighted by Crippen LogP contribution is 2.26. The van der Waals surface area contributed by atoms with Gasteiger partial charge >= 0.3 is 0 Å². The minimum atomic E-state index is -0.417. The van der Waals surface area contributed by atoms with Crippen molar-refractivity contribution in [2.45, 2.75) is 19.8 Å². The van der Waals surface area contributed by atoms with Crippen LogP contribution in [0.4, 0.5) is 10.1 Å². The predicted octanol–water partition coefficient (Wildman–Crippen LogP) is 3.33. The van der Waals surface area contributed by atoms with E-state index in [1.165, 1.54) is 11.0 Å². The van der Waals surface area contributed by atoms with Gasteiger partial charge in [-0.2, -0.15) is 0 Å². The molecule has 144 valence electrons. The molecule has 6 heteroatoms. The van der Waals surface area contributed by atoms with Crippen molar-refractivity contribution in [2.24, 2.45) is 5.92 Å². The van der Waals surface area contributed by atoms with Crippen LogP contribution in [-0.2, 0) is 16.0 Å². The zero-order chi connectivity index (χ0) is 19.7. The highest BCUT2D eigenvalue weighted by molar-refractivity contribution is 6.00. The molecule has 1 aliphatic rings. The first-order chi connectivity index (χ1) is 13.5. The van der Waals surface area contributed by atoms with Gasteiger partial charge in [0.15, 0.2) is 0 Å². The fourth-order valence-electron chi connectivity index (χ4n) is 3.69. The summed E-state index contributed by atoms with van der Waals surface area (Å²) in [6.45, 7) is 2.46. The smallest absolute Gasteiger partial charge is 0.227 e. The third-order valence-corrected chi connectivity index (χ3v) is 5.33. The van der Waals surface area contributed by atoms with Crippen LogP contribution in [0.2, 0.25) is 0 Å². The van der Waals surface area contributed by atoms with Crippen molar-refractivity contribution in [2.75, 3.05) is 18.0 Å². The molecule has 1 aromatic heterocycles. The van der Waals surface area contributed by atoms with Crippen molar-refractivity contribution in [1.29, 1.82) is 0 Å². The highest BCUT2D eigenvalue weighted by atomic mass is 19.1. The van der Waals surface area contributed by atoms with E-state index >= 15 is 0 Å². The average molecular weight is 379 g/mol. The third-order valence-electron chi connectivity index (χ3n) is 5.33. The van der Waals surface area contributed by atoms with Crippen LogP contribution in [0.5, 0.6) is 0 Å². The molecule has 2 heterocycles. The zero-order valence-electron chi connectivity index (χ0n) is 15.7. The Bertz CT molecular complexity index is 1040. The van der Waals surface area contributed by atoms with Crippen molar-refractivity contribution in [3.05, 3.63) is 65.6 Å². The van der Waals surface area contributed by atoms with E-state index in [0.717, 1.165) is 16.5 Å². The maximum absolute atomic E-state index is 13.8. The normalized spacial score (nSPS) is 16.7. The van der Waals surface area contributed by atoms with Gasteiger partial charge in [-0.25, -0.2) is 4.39 Å². The standard InChI is InChI=1S/C22H22FN3O2/c1-14-6-7-17(11-19(14)23)26-13-16(10-21(26)27)22(28)24-9-8-15-12-25-20-5-3-2-4-18(15)20/h2-7,11-12,16,25H,8-10,13H2,1H3,(H,24,28). The molecule has 2 N–H and O–H groups in total. The highest BCUT2D eigenvalue weighted by Gasteiger charge is 2.35. The summed E-state index contributed by atoms with van der Waals surface area (Å²) >= 11 is 0. The molecule has 0 aliphatic carbocycles. The van der Waals surface area contributed by atoms with Crippen LogP contribution in [0.3, 0.4) is 0 Å². The number of rotatable bonds is 5. The lowest BCUT2D eigenvalue weighted by atomic mass is 10.1. The summed E-state index contributed by atoms with van der Waals surface area (Å²) in [6.07, 6.45) is 2.82. The number of nitrogens with zero attached hydrogens (tertiary/aromatic N) is 1. The Labute approximate surface area is 162 Å². The monoisotopic (exact) mass is 379 g/mol. The topological polar surface area (TPSA) is 65.2 Å². The lowest BCUT2D eigenvalue weighted by Gasteiger charge is -2.17. The quantitative estimate of drug-likeness (QED) is 0.714. The first kappa shape index (κ1) is 18.2. The number of halogens is 1. The van der Waals surface area contributed by atoms with E-state index < -0.39 is 5.92 Å². The van der Waals surface area contributed by atoms with Crippen LogP contribution < -0.4 is 10.2 Å². The van der Waals surface area contributed by atoms with Gasteiger partial charge in [-0.15, -0.1) is 0 Å². The molecule has 5 nitrogen and oxygen atoms in total. The number of amides is 2. The van der Waals surface area contributed by atoms with E-state index in [4.69, 9.17) is 0 Å². The summed E-state index contributed by atoms with van der Waals surface area (Å²) in [4.78, 5) is 29.5. The molecule has 1 aliphatic heterocycles. The van der Waals surface area contributed by atoms with Gasteiger partial charge in [-0.3, -0.25) is 9.59 Å². The summed E-state index contributed by atoms with van der Waals surface area (Å²) in [5, 5.41) is 4.09. The number of aryl methyl sites for hydroxylation is 1. The van der Waals surface area contributed by atoms with Crippen LogP contribution in [-0.4, -0.2) is 29.9 Å². The van der Waals surface area contributed by atoms with Gasteiger partial charge in [0, 0.05) is 42.3 Å². The molecule has 3 aromatic rings. The maximum atomic E-state index is 13.8. The molecule has 0 bridgehead atoms. The number of carbonyl (C=O) groups is 2. The van der Waals surface area contributed by atoms with Gasteiger partial charge in [0.25, 0.3) is 0 Å². The molecule has 0 radical (unpaired) electrons. The van der Waals surface area contributed by atoms with Gasteiger partial charge in [0.05, 0.1) is 5.92 Å².